The van der Waals surface area contributed by atoms with Crippen molar-refractivity contribution in [3.63, 3.8) is 0 Å². The molecule has 0 radical (unpaired) electrons. The molecular weight excluding hydrogens is 425 g/mol. The third-order valence-corrected chi connectivity index (χ3v) is 10.5. The Morgan fingerprint density at radius 1 is 0.594 bits per heavy atom. The number of pyridine rings is 1. The van der Waals surface area contributed by atoms with Crippen LogP contribution in [0.2, 0.25) is 0 Å². The third kappa shape index (κ3) is 2.03. The zero-order valence-electron chi connectivity index (χ0n) is 17.1. The second kappa shape index (κ2) is 5.67. The number of nitrogens with zero attached hydrogens (tertiary/aromatic N) is 1. The maximum atomic E-state index is 6.86. The van der Waals surface area contributed by atoms with Crippen molar-refractivity contribution in [1.29, 1.82) is 0 Å². The Labute approximate surface area is 184 Å². The fourth-order valence-corrected chi connectivity index (χ4v) is 9.40. The molecule has 7 heteroatoms. The van der Waals surface area contributed by atoms with Gasteiger partial charge in [0.25, 0.3) is 0 Å². The number of hydrogen-bond donors (Lipinski definition) is 0. The van der Waals surface area contributed by atoms with E-state index in [0.29, 0.717) is 17.3 Å². The first-order chi connectivity index (χ1) is 15.7. The summed E-state index contributed by atoms with van der Waals surface area (Å²) in [5.41, 5.74) is 2.50. The van der Waals surface area contributed by atoms with Gasteiger partial charge in [0, 0.05) is 0 Å². The first-order valence-electron chi connectivity index (χ1n) is 10.6. The van der Waals surface area contributed by atoms with Crippen molar-refractivity contribution in [2.45, 2.75) is 0 Å². The Bertz CT molecular complexity index is 1380. The molecular formula is C25H20NO5P. The Morgan fingerprint density at radius 2 is 1.19 bits per heavy atom. The van der Waals surface area contributed by atoms with Gasteiger partial charge in [-0.15, -0.1) is 0 Å². The summed E-state index contributed by atoms with van der Waals surface area (Å²) in [4.78, 5) is 0. The number of rotatable bonds is 2. The van der Waals surface area contributed by atoms with E-state index in [2.05, 4.69) is 0 Å². The van der Waals surface area contributed by atoms with Gasteiger partial charge in [-0.1, -0.05) is 0 Å². The molecule has 0 amide bonds. The molecule has 0 atom stereocenters. The van der Waals surface area contributed by atoms with Crippen LogP contribution in [0.25, 0.3) is 22.4 Å². The van der Waals surface area contributed by atoms with Gasteiger partial charge in [0.1, 0.15) is 0 Å². The van der Waals surface area contributed by atoms with E-state index in [1.165, 1.54) is 0 Å². The summed E-state index contributed by atoms with van der Waals surface area (Å²) in [6.07, 6.45) is 1.86. The van der Waals surface area contributed by atoms with Crippen molar-refractivity contribution in [3.05, 3.63) is 108 Å². The van der Waals surface area contributed by atoms with Crippen LogP contribution >= 0.6 is 7.23 Å². The fourth-order valence-electron chi connectivity index (χ4n) is 4.81. The summed E-state index contributed by atoms with van der Waals surface area (Å²) in [7, 11) is -5.44. The molecule has 6 nitrogen and oxygen atoms in total. The van der Waals surface area contributed by atoms with Crippen LogP contribution in [0.3, 0.4) is 0 Å². The number of para-hydroxylation sites is 1. The van der Waals surface area contributed by atoms with Gasteiger partial charge in [0.15, 0.2) is 0 Å². The van der Waals surface area contributed by atoms with Crippen LogP contribution in [0, 0.1) is 0 Å². The molecule has 1 fully saturated rings. The van der Waals surface area contributed by atoms with Gasteiger partial charge in [-0.25, -0.2) is 0 Å². The monoisotopic (exact) mass is 445 g/mol. The number of benzene rings is 3. The molecule has 160 valence electrons. The normalized spacial score (nSPS) is 23.1. The summed E-state index contributed by atoms with van der Waals surface area (Å²) < 4.78 is 35.2. The molecule has 3 aromatic carbocycles. The van der Waals surface area contributed by atoms with Crippen LogP contribution in [0.5, 0.6) is 5.75 Å². The summed E-state index contributed by atoms with van der Waals surface area (Å²) in [6.45, 7) is 0.550. The Morgan fingerprint density at radius 3 is 1.81 bits per heavy atom. The third-order valence-electron chi connectivity index (χ3n) is 6.13. The molecule has 3 aliphatic rings. The molecule has 1 saturated heterocycles. The molecule has 1 spiro atoms. The van der Waals surface area contributed by atoms with Gasteiger partial charge in [0.05, 0.1) is 0 Å². The topological polar surface area (TPSA) is 50.0 Å². The first-order valence-corrected chi connectivity index (χ1v) is 12.8. The zero-order valence-corrected chi connectivity index (χ0v) is 18.0. The van der Waals surface area contributed by atoms with E-state index in [1.54, 1.807) is 0 Å². The van der Waals surface area contributed by atoms with Crippen molar-refractivity contribution in [2.75, 3.05) is 13.2 Å². The molecule has 32 heavy (non-hydrogen) atoms. The molecule has 0 N–H and O–H groups in total. The van der Waals surface area contributed by atoms with E-state index in [0.717, 1.165) is 22.0 Å². The number of aromatic nitrogens is 1. The molecule has 1 aromatic heterocycles. The molecule has 4 heterocycles. The van der Waals surface area contributed by atoms with Crippen molar-refractivity contribution < 1.29 is 27.0 Å². The molecule has 0 aliphatic carbocycles. The van der Waals surface area contributed by atoms with Gasteiger partial charge in [-0.2, -0.15) is 0 Å². The van der Waals surface area contributed by atoms with Crippen molar-refractivity contribution >= 4 is 29.7 Å². The fraction of sp³-hybridized carbons (Fsp3) is 0.0800. The molecule has 0 unspecified atom stereocenters. The van der Waals surface area contributed by atoms with E-state index >= 15 is 0 Å². The average Bonchev–Trinajstić information content (AvgIpc) is 3.47. The molecule has 0 bridgehead atoms. The van der Waals surface area contributed by atoms with Crippen LogP contribution in [-0.2, 0) is 18.1 Å². The van der Waals surface area contributed by atoms with Crippen LogP contribution in [0.1, 0.15) is 11.1 Å². The SMILES string of the molecule is c1ccc(C2=C(c3ccccc3)O[P-]34(OCCO3)(O2)Oc2cccc3ccc[n+]4c23)cc1. The van der Waals surface area contributed by atoms with E-state index in [1.807, 2.05) is 102 Å². The maximum absolute atomic E-state index is 6.86. The van der Waals surface area contributed by atoms with Crippen LogP contribution in [-0.4, -0.2) is 13.2 Å². The summed E-state index contributed by atoms with van der Waals surface area (Å²) in [6, 6.07) is 29.4. The van der Waals surface area contributed by atoms with E-state index in [9.17, 15) is 0 Å². The van der Waals surface area contributed by atoms with E-state index in [-0.39, 0.29) is 13.2 Å². The molecule has 4 aromatic rings. The Kier molecular flexibility index (Phi) is 3.22. The zero-order chi connectivity index (χ0) is 21.3. The predicted octanol–water partition coefficient (Wildman–Crippen LogP) is 5.57. The minimum atomic E-state index is -5.44. The quantitative estimate of drug-likeness (QED) is 0.378. The van der Waals surface area contributed by atoms with Gasteiger partial charge >= 0.3 is 184 Å². The predicted molar refractivity (Wildman–Crippen MR) is 121 cm³/mol. The molecule has 0 saturated carbocycles. The summed E-state index contributed by atoms with van der Waals surface area (Å²) >= 11 is 0. The van der Waals surface area contributed by atoms with Crippen molar-refractivity contribution in [2.24, 2.45) is 0 Å². The van der Waals surface area contributed by atoms with Crippen molar-refractivity contribution in [3.8, 4) is 5.75 Å². The van der Waals surface area contributed by atoms with E-state index < -0.39 is 7.23 Å². The first kappa shape index (κ1) is 18.2. The van der Waals surface area contributed by atoms with Gasteiger partial charge in [-0.3, -0.25) is 0 Å². The van der Waals surface area contributed by atoms with E-state index in [4.69, 9.17) is 22.6 Å². The van der Waals surface area contributed by atoms with Gasteiger partial charge < -0.3 is 0 Å². The molecule has 7 rings (SSSR count). The average molecular weight is 445 g/mol. The second-order valence-corrected chi connectivity index (χ2v) is 11.8. The Hall–Kier alpha value is -3.44. The van der Waals surface area contributed by atoms with Crippen LogP contribution in [0.15, 0.2) is 97.2 Å². The van der Waals surface area contributed by atoms with Crippen LogP contribution in [0.4, 0.5) is 0 Å². The standard InChI is InChI=1S/C25H20NO5P/c1-3-9-20(10-4-1)24-25(21-11-5-2-6-12-21)31-32(30-24,27-17-18-28-32)26-16-8-14-19-13-7-15-22(29-32)23(19)26/h1-16H,17-18H2. The van der Waals surface area contributed by atoms with Crippen LogP contribution < -0.4 is 8.86 Å². The summed E-state index contributed by atoms with van der Waals surface area (Å²) in [5, 5.41) is 0.975. The van der Waals surface area contributed by atoms with Gasteiger partial charge in [-0.05, 0) is 0 Å². The minimum absolute atomic E-state index is 0.275. The van der Waals surface area contributed by atoms with Crippen molar-refractivity contribution in [1.82, 2.24) is 0 Å². The second-order valence-electron chi connectivity index (χ2n) is 8.03. The summed E-state index contributed by atoms with van der Waals surface area (Å²) in [5.74, 6) is 1.64. The molecule has 3 aliphatic heterocycles. The Balaban J connectivity index is 1.56. The number of hydrogen-bond acceptors (Lipinski definition) is 5. The van der Waals surface area contributed by atoms with Gasteiger partial charge in [0.2, 0.25) is 0 Å².